The summed E-state index contributed by atoms with van der Waals surface area (Å²) >= 11 is 5.74. The molecule has 45 heavy (non-hydrogen) atoms. The second-order valence-electron chi connectivity index (χ2n) is 11.4. The highest BCUT2D eigenvalue weighted by Gasteiger charge is 2.17. The minimum Gasteiger partial charge on any atom is -0.201 e. The number of nitrogens with zero attached hydrogens (tertiary/aromatic N) is 1. The van der Waals surface area contributed by atoms with Gasteiger partial charge in [-0.15, -0.1) is 34.0 Å². The van der Waals surface area contributed by atoms with E-state index in [2.05, 4.69) is 154 Å². The molecule has 0 aliphatic heterocycles. The molecule has 0 spiro atoms. The molecule has 0 radical (unpaired) electrons. The average molecular weight is 637 g/mol. The first kappa shape index (κ1) is 29.4. The third-order valence-electron chi connectivity index (χ3n) is 8.23. The van der Waals surface area contributed by atoms with Crippen LogP contribution in [0.1, 0.15) is 29.2 Å². The SMILES string of the molecule is C=C/C=C(\C=C/C)c1cc(-c2cc3sc4cc(-c5ccc(C)c(-c6cc[n+](Cc7ccccc7)cc6)c5)sc4c3s2)ccc1C. The molecule has 220 valence electrons. The average Bonchev–Trinajstić information content (AvgIpc) is 3.74. The monoisotopic (exact) mass is 636 g/mol. The molecular formula is C41H34NS3+. The molecule has 0 saturated heterocycles. The number of hydrogen-bond acceptors (Lipinski definition) is 3. The predicted octanol–water partition coefficient (Wildman–Crippen LogP) is 12.3. The lowest BCUT2D eigenvalue weighted by Gasteiger charge is -2.09. The van der Waals surface area contributed by atoms with Crippen molar-refractivity contribution < 1.29 is 4.57 Å². The molecule has 0 atom stereocenters. The molecule has 7 rings (SSSR count). The van der Waals surface area contributed by atoms with Crippen molar-refractivity contribution in [2.75, 3.05) is 0 Å². The van der Waals surface area contributed by atoms with Crippen LogP contribution < -0.4 is 4.57 Å². The lowest BCUT2D eigenvalue weighted by atomic mass is 9.97. The number of aromatic nitrogens is 1. The van der Waals surface area contributed by atoms with Crippen LogP contribution in [0.2, 0.25) is 0 Å². The predicted molar refractivity (Wildman–Crippen MR) is 200 cm³/mol. The molecule has 0 bridgehead atoms. The van der Waals surface area contributed by atoms with Crippen molar-refractivity contribution in [3.8, 4) is 32.0 Å². The van der Waals surface area contributed by atoms with Gasteiger partial charge in [-0.2, -0.15) is 0 Å². The summed E-state index contributed by atoms with van der Waals surface area (Å²) < 4.78 is 7.79. The summed E-state index contributed by atoms with van der Waals surface area (Å²) in [5, 5.41) is 0. The Morgan fingerprint density at radius 3 is 2.00 bits per heavy atom. The second kappa shape index (κ2) is 12.6. The summed E-state index contributed by atoms with van der Waals surface area (Å²) in [6.45, 7) is 11.2. The Balaban J connectivity index is 1.19. The van der Waals surface area contributed by atoms with Gasteiger partial charge >= 0.3 is 0 Å². The smallest absolute Gasteiger partial charge is 0.173 e. The Morgan fingerprint density at radius 2 is 1.36 bits per heavy atom. The van der Waals surface area contributed by atoms with Crippen LogP contribution in [0.25, 0.3) is 56.4 Å². The van der Waals surface area contributed by atoms with Gasteiger partial charge in [-0.3, -0.25) is 0 Å². The summed E-state index contributed by atoms with van der Waals surface area (Å²) in [4.78, 5) is 2.64. The summed E-state index contributed by atoms with van der Waals surface area (Å²) in [5.74, 6) is 0. The maximum absolute atomic E-state index is 3.93. The van der Waals surface area contributed by atoms with E-state index in [9.17, 15) is 0 Å². The quantitative estimate of drug-likeness (QED) is 0.115. The van der Waals surface area contributed by atoms with E-state index in [0.717, 1.165) is 6.54 Å². The fourth-order valence-electron chi connectivity index (χ4n) is 5.87. The van der Waals surface area contributed by atoms with Crippen LogP contribution in [0.3, 0.4) is 0 Å². The minimum atomic E-state index is 0.875. The fraction of sp³-hybridized carbons (Fsp3) is 0.0976. The van der Waals surface area contributed by atoms with Gasteiger partial charge in [-0.25, -0.2) is 4.57 Å². The third-order valence-corrected chi connectivity index (χ3v) is 12.1. The lowest BCUT2D eigenvalue weighted by molar-refractivity contribution is -0.688. The number of aryl methyl sites for hydroxylation is 2. The molecule has 0 N–H and O–H groups in total. The number of rotatable bonds is 8. The largest absolute Gasteiger partial charge is 0.201 e. The molecule has 4 aromatic heterocycles. The van der Waals surface area contributed by atoms with Gasteiger partial charge in [-0.1, -0.05) is 85.5 Å². The summed E-state index contributed by atoms with van der Waals surface area (Å²) in [6, 6.07) is 33.6. The van der Waals surface area contributed by atoms with Crippen LogP contribution in [0.4, 0.5) is 0 Å². The Kier molecular flexibility index (Phi) is 8.20. The molecule has 0 unspecified atom stereocenters. The van der Waals surface area contributed by atoms with Crippen LogP contribution in [0, 0.1) is 13.8 Å². The zero-order chi connectivity index (χ0) is 30.9. The van der Waals surface area contributed by atoms with Crippen molar-refractivity contribution in [1.29, 1.82) is 0 Å². The van der Waals surface area contributed by atoms with Crippen LogP contribution in [-0.4, -0.2) is 0 Å². The minimum absolute atomic E-state index is 0.875. The van der Waals surface area contributed by atoms with E-state index in [0.29, 0.717) is 0 Å². The first-order valence-electron chi connectivity index (χ1n) is 15.2. The number of pyridine rings is 1. The maximum Gasteiger partial charge on any atom is 0.173 e. The topological polar surface area (TPSA) is 3.88 Å². The molecule has 0 saturated carbocycles. The van der Waals surface area contributed by atoms with Gasteiger partial charge in [0.05, 0.1) is 9.40 Å². The van der Waals surface area contributed by atoms with Gasteiger partial charge in [0.2, 0.25) is 0 Å². The van der Waals surface area contributed by atoms with Gasteiger partial charge in [0.1, 0.15) is 0 Å². The molecule has 0 fully saturated rings. The van der Waals surface area contributed by atoms with Gasteiger partial charge < -0.3 is 0 Å². The van der Waals surface area contributed by atoms with E-state index in [1.165, 1.54) is 78.6 Å². The summed E-state index contributed by atoms with van der Waals surface area (Å²) in [5.41, 5.74) is 11.4. The van der Waals surface area contributed by atoms with Crippen LogP contribution >= 0.6 is 34.0 Å². The first-order valence-corrected chi connectivity index (χ1v) is 17.6. The van der Waals surface area contributed by atoms with E-state index >= 15 is 0 Å². The van der Waals surface area contributed by atoms with Gasteiger partial charge in [0.15, 0.2) is 18.9 Å². The molecule has 7 aromatic rings. The third kappa shape index (κ3) is 5.89. The normalized spacial score (nSPS) is 12.1. The van der Waals surface area contributed by atoms with E-state index in [1.54, 1.807) is 0 Å². The van der Waals surface area contributed by atoms with Crippen molar-refractivity contribution >= 4 is 58.4 Å². The van der Waals surface area contributed by atoms with E-state index in [1.807, 2.05) is 40.1 Å². The van der Waals surface area contributed by atoms with Crippen LogP contribution in [0.5, 0.6) is 0 Å². The zero-order valence-corrected chi connectivity index (χ0v) is 28.2. The Hall–Kier alpha value is -4.35. The highest BCUT2D eigenvalue weighted by Crippen LogP contribution is 2.48. The molecule has 4 heterocycles. The van der Waals surface area contributed by atoms with Gasteiger partial charge in [0, 0.05) is 36.9 Å². The number of benzene rings is 3. The number of allylic oxidation sites excluding steroid dienone is 5. The van der Waals surface area contributed by atoms with E-state index in [4.69, 9.17) is 0 Å². The lowest BCUT2D eigenvalue weighted by Crippen LogP contribution is -2.32. The second-order valence-corrected chi connectivity index (χ2v) is 14.6. The van der Waals surface area contributed by atoms with E-state index in [-0.39, 0.29) is 0 Å². The number of hydrogen-bond donors (Lipinski definition) is 0. The molecule has 3 aromatic carbocycles. The molecule has 0 aliphatic carbocycles. The molecule has 1 nitrogen and oxygen atoms in total. The van der Waals surface area contributed by atoms with Crippen molar-refractivity contribution in [3.63, 3.8) is 0 Å². The van der Waals surface area contributed by atoms with Crippen molar-refractivity contribution in [1.82, 2.24) is 0 Å². The number of fused-ring (bicyclic) bond motifs is 3. The molecular weight excluding hydrogens is 603 g/mol. The Labute approximate surface area is 277 Å². The highest BCUT2D eigenvalue weighted by atomic mass is 32.1. The zero-order valence-electron chi connectivity index (χ0n) is 25.7. The van der Waals surface area contributed by atoms with E-state index < -0.39 is 0 Å². The maximum atomic E-state index is 3.93. The van der Waals surface area contributed by atoms with Gasteiger partial charge in [-0.05, 0) is 89.6 Å². The van der Waals surface area contributed by atoms with Crippen molar-refractivity contribution in [2.24, 2.45) is 0 Å². The van der Waals surface area contributed by atoms with Crippen molar-refractivity contribution in [3.05, 3.63) is 157 Å². The molecule has 0 aliphatic rings. The Morgan fingerprint density at radius 1 is 0.711 bits per heavy atom. The van der Waals surface area contributed by atoms with Gasteiger partial charge in [0.25, 0.3) is 0 Å². The summed E-state index contributed by atoms with van der Waals surface area (Å²) in [7, 11) is 0. The summed E-state index contributed by atoms with van der Waals surface area (Å²) in [6.07, 6.45) is 12.6. The van der Waals surface area contributed by atoms with Crippen molar-refractivity contribution in [2.45, 2.75) is 27.3 Å². The molecule has 0 amide bonds. The van der Waals surface area contributed by atoms with Crippen LogP contribution in [0.15, 0.2) is 134 Å². The standard InChI is InChI=1S/C41H34NS3/c1-5-10-30(11-6-2)34-22-32(16-14-27(34)3)36-24-38-40(44-36)41-39(43-38)25-37(45-41)33-17-15-28(4)35(23-33)31-18-20-42(21-19-31)26-29-12-8-7-9-13-29/h5-25H,1,26H2,2-4H3/q+1/b11-6-,30-10+. The Bertz CT molecular complexity index is 2220. The highest BCUT2D eigenvalue weighted by molar-refractivity contribution is 7.40. The number of thiophene rings is 3. The first-order chi connectivity index (χ1) is 22.0. The van der Waals surface area contributed by atoms with Crippen LogP contribution in [-0.2, 0) is 6.54 Å². The molecule has 4 heteroatoms. The fourth-order valence-corrected chi connectivity index (χ4v) is 9.89.